The van der Waals surface area contributed by atoms with E-state index in [1.165, 1.54) is 18.3 Å². The molecule has 4 rings (SSSR count). The maximum atomic E-state index is 14.5. The van der Waals surface area contributed by atoms with Crippen molar-refractivity contribution >= 4 is 17.3 Å². The number of oxazole rings is 1. The van der Waals surface area contributed by atoms with Crippen LogP contribution in [0.1, 0.15) is 12.5 Å². The monoisotopic (exact) mass is 438 g/mol. The Labute approximate surface area is 181 Å². The lowest BCUT2D eigenvalue weighted by Gasteiger charge is -2.11. The molecule has 2 N–H and O–H groups in total. The number of benzene rings is 2. The summed E-state index contributed by atoms with van der Waals surface area (Å²) in [4.78, 5) is 23.0. The molecule has 0 saturated heterocycles. The second kappa shape index (κ2) is 9.29. The molecule has 32 heavy (non-hydrogen) atoms. The van der Waals surface area contributed by atoms with E-state index < -0.39 is 18.0 Å². The van der Waals surface area contributed by atoms with E-state index in [0.29, 0.717) is 11.1 Å². The van der Waals surface area contributed by atoms with Crippen molar-refractivity contribution in [3.05, 3.63) is 66.1 Å². The van der Waals surface area contributed by atoms with Gasteiger partial charge < -0.3 is 24.3 Å². The Hall–Kier alpha value is -4.21. The lowest BCUT2D eigenvalue weighted by molar-refractivity contribution is 0.181. The third-order valence-corrected chi connectivity index (χ3v) is 4.38. The molecule has 2 aromatic heterocycles. The molecule has 1 atom stereocenters. The molecule has 0 saturated carbocycles. The molecule has 0 unspecified atom stereocenters. The van der Waals surface area contributed by atoms with Crippen molar-refractivity contribution in [1.82, 2.24) is 20.3 Å². The van der Waals surface area contributed by atoms with Gasteiger partial charge in [-0.3, -0.25) is 0 Å². The number of nitrogens with one attached hydrogen (secondary N) is 1. The van der Waals surface area contributed by atoms with Crippen LogP contribution in [0.15, 0.2) is 59.1 Å². The van der Waals surface area contributed by atoms with Crippen molar-refractivity contribution in [2.75, 3.05) is 6.61 Å². The minimum atomic E-state index is -1.15. The van der Waals surface area contributed by atoms with E-state index in [2.05, 4.69) is 20.3 Å². The second-order valence-electron chi connectivity index (χ2n) is 6.94. The van der Waals surface area contributed by atoms with E-state index in [0.717, 1.165) is 5.56 Å². The summed E-state index contributed by atoms with van der Waals surface area (Å²) >= 11 is 0. The minimum absolute atomic E-state index is 0.00933. The van der Waals surface area contributed by atoms with Crippen molar-refractivity contribution in [1.29, 1.82) is 0 Å². The average Bonchev–Trinajstić information content (AvgIpc) is 3.20. The number of carbonyl (C=O) groups is 1. The summed E-state index contributed by atoms with van der Waals surface area (Å²) in [5.74, 6) is -0.259. The highest BCUT2D eigenvalue weighted by Gasteiger charge is 2.15. The molecular weight excluding hydrogens is 419 g/mol. The third kappa shape index (κ3) is 5.09. The van der Waals surface area contributed by atoms with Gasteiger partial charge in [-0.05, 0) is 30.7 Å². The zero-order valence-corrected chi connectivity index (χ0v) is 17.0. The predicted molar refractivity (Wildman–Crippen MR) is 112 cm³/mol. The molecule has 4 aromatic rings. The number of hydrogen-bond acceptors (Lipinski definition) is 7. The highest BCUT2D eigenvalue weighted by molar-refractivity contribution is 5.72. The van der Waals surface area contributed by atoms with Gasteiger partial charge in [0.1, 0.15) is 18.7 Å². The van der Waals surface area contributed by atoms with E-state index in [-0.39, 0.29) is 36.6 Å². The van der Waals surface area contributed by atoms with Crippen LogP contribution in [-0.4, -0.2) is 38.8 Å². The van der Waals surface area contributed by atoms with Crippen LogP contribution >= 0.6 is 0 Å². The maximum Gasteiger partial charge on any atom is 0.404 e. The normalized spacial score (nSPS) is 11.8. The molecule has 0 bridgehead atoms. The van der Waals surface area contributed by atoms with Gasteiger partial charge >= 0.3 is 12.1 Å². The largest absolute Gasteiger partial charge is 0.486 e. The minimum Gasteiger partial charge on any atom is -0.486 e. The van der Waals surface area contributed by atoms with Crippen LogP contribution in [-0.2, 0) is 6.61 Å². The first-order valence-electron chi connectivity index (χ1n) is 9.70. The first kappa shape index (κ1) is 21.0. The molecule has 0 fully saturated rings. The molecular formula is C22H19FN4O5. The molecule has 0 aliphatic heterocycles. The van der Waals surface area contributed by atoms with E-state index in [9.17, 15) is 9.18 Å². The Balaban J connectivity index is 1.46. The lowest BCUT2D eigenvalue weighted by atomic mass is 10.2. The van der Waals surface area contributed by atoms with Crippen molar-refractivity contribution in [3.63, 3.8) is 0 Å². The summed E-state index contributed by atoms with van der Waals surface area (Å²) in [6.45, 7) is 1.92. The number of aromatic nitrogens is 3. The first-order chi connectivity index (χ1) is 15.5. The summed E-state index contributed by atoms with van der Waals surface area (Å²) < 4.78 is 31.1. The predicted octanol–water partition coefficient (Wildman–Crippen LogP) is 4.04. The van der Waals surface area contributed by atoms with Crippen LogP contribution in [0.4, 0.5) is 9.18 Å². The fourth-order valence-corrected chi connectivity index (χ4v) is 2.85. The SMILES string of the molecule is C[C@@H](COc1ncc2nc(-c3ccc(OCc4ccccc4)c(F)c3)oc2n1)NC(=O)O. The topological polar surface area (TPSA) is 120 Å². The van der Waals surface area contributed by atoms with Gasteiger partial charge in [-0.2, -0.15) is 4.98 Å². The summed E-state index contributed by atoms with van der Waals surface area (Å²) in [6, 6.07) is 13.4. The highest BCUT2D eigenvalue weighted by atomic mass is 19.1. The Morgan fingerprint density at radius 2 is 2.00 bits per heavy atom. The van der Waals surface area contributed by atoms with Crippen LogP contribution < -0.4 is 14.8 Å². The third-order valence-electron chi connectivity index (χ3n) is 4.38. The Morgan fingerprint density at radius 1 is 1.19 bits per heavy atom. The number of carboxylic acid groups (broad SMARTS) is 1. The van der Waals surface area contributed by atoms with Crippen molar-refractivity contribution in [2.45, 2.75) is 19.6 Å². The molecule has 2 heterocycles. The lowest BCUT2D eigenvalue weighted by Crippen LogP contribution is -2.35. The summed E-state index contributed by atoms with van der Waals surface area (Å²) in [6.07, 6.45) is 0.259. The molecule has 1 amide bonds. The number of rotatable bonds is 8. The van der Waals surface area contributed by atoms with Crippen molar-refractivity contribution in [3.8, 4) is 23.2 Å². The van der Waals surface area contributed by atoms with E-state index in [1.54, 1.807) is 13.0 Å². The average molecular weight is 438 g/mol. The maximum absolute atomic E-state index is 14.5. The van der Waals surface area contributed by atoms with Crippen LogP contribution in [0.3, 0.4) is 0 Å². The molecule has 0 spiro atoms. The molecule has 9 nitrogen and oxygen atoms in total. The highest BCUT2D eigenvalue weighted by Crippen LogP contribution is 2.28. The van der Waals surface area contributed by atoms with E-state index in [4.69, 9.17) is 19.0 Å². The zero-order valence-electron chi connectivity index (χ0n) is 17.0. The van der Waals surface area contributed by atoms with Gasteiger partial charge in [0.05, 0.1) is 12.2 Å². The summed E-state index contributed by atoms with van der Waals surface area (Å²) in [5, 5.41) is 11.0. The Kier molecular flexibility index (Phi) is 6.11. The molecule has 0 aliphatic rings. The van der Waals surface area contributed by atoms with Gasteiger partial charge in [-0.25, -0.2) is 19.2 Å². The Morgan fingerprint density at radius 3 is 2.75 bits per heavy atom. The summed E-state index contributed by atoms with van der Waals surface area (Å²) in [7, 11) is 0. The number of amides is 1. The van der Waals surface area contributed by atoms with Gasteiger partial charge in [-0.15, -0.1) is 0 Å². The number of ether oxygens (including phenoxy) is 2. The van der Waals surface area contributed by atoms with E-state index in [1.807, 2.05) is 30.3 Å². The van der Waals surface area contributed by atoms with Gasteiger partial charge in [0, 0.05) is 5.56 Å². The Bertz CT molecular complexity index is 1230. The van der Waals surface area contributed by atoms with Crippen LogP contribution in [0.25, 0.3) is 22.7 Å². The van der Waals surface area contributed by atoms with E-state index >= 15 is 0 Å². The standard InChI is InChI=1S/C22H19FN4O5/c1-13(25-22(28)29)11-31-21-24-10-17-20(27-21)32-19(26-17)15-7-8-18(16(23)9-15)30-12-14-5-3-2-4-6-14/h2-10,13,25H,11-12H2,1H3,(H,28,29)/t13-/m0/s1. The molecule has 0 radical (unpaired) electrons. The fourth-order valence-electron chi connectivity index (χ4n) is 2.85. The van der Waals surface area contributed by atoms with Crippen LogP contribution in [0.5, 0.6) is 11.8 Å². The van der Waals surface area contributed by atoms with Crippen molar-refractivity contribution in [2.24, 2.45) is 0 Å². The second-order valence-corrected chi connectivity index (χ2v) is 6.94. The molecule has 0 aliphatic carbocycles. The number of hydrogen-bond donors (Lipinski definition) is 2. The van der Waals surface area contributed by atoms with Gasteiger partial charge in [0.2, 0.25) is 5.89 Å². The molecule has 10 heteroatoms. The first-order valence-corrected chi connectivity index (χ1v) is 9.70. The molecule has 164 valence electrons. The van der Waals surface area contributed by atoms with Crippen molar-refractivity contribution < 1.29 is 28.2 Å². The summed E-state index contributed by atoms with van der Waals surface area (Å²) in [5.41, 5.74) is 1.87. The molecule has 2 aromatic carbocycles. The number of halogens is 1. The number of fused-ring (bicyclic) bond motifs is 1. The fraction of sp³-hybridized carbons (Fsp3) is 0.182. The quantitative estimate of drug-likeness (QED) is 0.423. The van der Waals surface area contributed by atoms with Gasteiger partial charge in [0.15, 0.2) is 11.6 Å². The zero-order chi connectivity index (χ0) is 22.5. The van der Waals surface area contributed by atoms with Gasteiger partial charge in [-0.1, -0.05) is 30.3 Å². The van der Waals surface area contributed by atoms with Crippen LogP contribution in [0.2, 0.25) is 0 Å². The van der Waals surface area contributed by atoms with Crippen LogP contribution in [0, 0.1) is 5.82 Å². The van der Waals surface area contributed by atoms with Gasteiger partial charge in [0.25, 0.3) is 5.71 Å². The smallest absolute Gasteiger partial charge is 0.404 e. The number of nitrogens with zero attached hydrogens (tertiary/aromatic N) is 3.